The maximum atomic E-state index is 11.0. The van der Waals surface area contributed by atoms with Gasteiger partial charge in [0.15, 0.2) is 0 Å². The fourth-order valence-corrected chi connectivity index (χ4v) is 2.47. The van der Waals surface area contributed by atoms with Crippen LogP contribution in [0.1, 0.15) is 41.9 Å². The van der Waals surface area contributed by atoms with Crippen LogP contribution < -0.4 is 5.73 Å². The second-order valence-electron chi connectivity index (χ2n) is 4.46. The number of carbonyl (C=O) groups is 1. The second kappa shape index (κ2) is 4.05. The van der Waals surface area contributed by atoms with Crippen molar-refractivity contribution in [2.45, 2.75) is 38.5 Å². The second-order valence-corrected chi connectivity index (χ2v) is 4.46. The lowest BCUT2D eigenvalue weighted by atomic mass is 9.80. The lowest BCUT2D eigenvalue weighted by Crippen LogP contribution is -2.18. The van der Waals surface area contributed by atoms with Crippen LogP contribution in [0, 0.1) is 6.92 Å². The molecule has 0 radical (unpaired) electrons. The standard InChI is InChI=1S/C13H17NO/c1-9-5-6-10-3-2-4-11(8-13(14)15)12(10)7-9/h5-7,11H,2-4,8H2,1H3,(H2,14,15). The molecule has 1 unspecified atom stereocenters. The molecule has 1 amide bonds. The molecule has 0 fully saturated rings. The van der Waals surface area contributed by atoms with E-state index in [2.05, 4.69) is 25.1 Å². The molecule has 1 aliphatic carbocycles. The third-order valence-electron chi connectivity index (χ3n) is 3.19. The topological polar surface area (TPSA) is 43.1 Å². The molecule has 1 aliphatic rings. The highest BCUT2D eigenvalue weighted by molar-refractivity contribution is 5.75. The van der Waals surface area contributed by atoms with Crippen molar-refractivity contribution in [3.8, 4) is 0 Å². The van der Waals surface area contributed by atoms with E-state index in [0.717, 1.165) is 12.8 Å². The molecule has 2 nitrogen and oxygen atoms in total. The first-order valence-electron chi connectivity index (χ1n) is 5.54. The molecule has 1 aromatic rings. The molecule has 1 aromatic carbocycles. The van der Waals surface area contributed by atoms with Crippen molar-refractivity contribution in [3.63, 3.8) is 0 Å². The lowest BCUT2D eigenvalue weighted by Gasteiger charge is -2.24. The normalized spacial score (nSPS) is 19.7. The van der Waals surface area contributed by atoms with E-state index < -0.39 is 0 Å². The number of hydrogen-bond donors (Lipinski definition) is 1. The summed E-state index contributed by atoms with van der Waals surface area (Å²) in [5.74, 6) is 0.167. The van der Waals surface area contributed by atoms with Crippen LogP contribution in [0.15, 0.2) is 18.2 Å². The number of nitrogens with two attached hydrogens (primary N) is 1. The third kappa shape index (κ3) is 2.20. The Kier molecular flexibility index (Phi) is 2.76. The van der Waals surface area contributed by atoms with Crippen molar-refractivity contribution < 1.29 is 4.79 Å². The minimum Gasteiger partial charge on any atom is -0.370 e. The summed E-state index contributed by atoms with van der Waals surface area (Å²) >= 11 is 0. The number of amides is 1. The van der Waals surface area contributed by atoms with Crippen LogP contribution in [0.4, 0.5) is 0 Å². The van der Waals surface area contributed by atoms with Gasteiger partial charge in [-0.05, 0) is 43.2 Å². The zero-order valence-electron chi connectivity index (χ0n) is 9.12. The maximum absolute atomic E-state index is 11.0. The number of hydrogen-bond acceptors (Lipinski definition) is 1. The monoisotopic (exact) mass is 203 g/mol. The van der Waals surface area contributed by atoms with E-state index in [1.807, 2.05) is 0 Å². The summed E-state index contributed by atoms with van der Waals surface area (Å²) in [5.41, 5.74) is 9.30. The fourth-order valence-electron chi connectivity index (χ4n) is 2.47. The molecule has 0 aliphatic heterocycles. The van der Waals surface area contributed by atoms with Gasteiger partial charge in [0.05, 0.1) is 0 Å². The van der Waals surface area contributed by atoms with Gasteiger partial charge in [-0.2, -0.15) is 0 Å². The van der Waals surface area contributed by atoms with Gasteiger partial charge in [-0.1, -0.05) is 23.8 Å². The smallest absolute Gasteiger partial charge is 0.218 e. The number of benzene rings is 1. The number of fused-ring (bicyclic) bond motifs is 1. The van der Waals surface area contributed by atoms with Crippen LogP contribution in [0.2, 0.25) is 0 Å². The van der Waals surface area contributed by atoms with Gasteiger partial charge in [0.1, 0.15) is 0 Å². The minimum absolute atomic E-state index is 0.186. The van der Waals surface area contributed by atoms with Crippen LogP contribution in [0.3, 0.4) is 0 Å². The molecule has 2 heteroatoms. The van der Waals surface area contributed by atoms with Gasteiger partial charge in [-0.15, -0.1) is 0 Å². The molecule has 80 valence electrons. The number of rotatable bonds is 2. The predicted octanol–water partition coefficient (Wildman–Crippen LogP) is 2.29. The Labute approximate surface area is 90.5 Å². The zero-order chi connectivity index (χ0) is 10.8. The Hall–Kier alpha value is -1.31. The lowest BCUT2D eigenvalue weighted by molar-refractivity contribution is -0.118. The van der Waals surface area contributed by atoms with Gasteiger partial charge in [0, 0.05) is 6.42 Å². The van der Waals surface area contributed by atoms with E-state index in [0.29, 0.717) is 12.3 Å². The molecule has 2 rings (SSSR count). The van der Waals surface area contributed by atoms with Crippen molar-refractivity contribution in [2.24, 2.45) is 5.73 Å². The summed E-state index contributed by atoms with van der Waals surface area (Å²) in [4.78, 5) is 11.0. The van der Waals surface area contributed by atoms with Crippen LogP contribution in [0.5, 0.6) is 0 Å². The fraction of sp³-hybridized carbons (Fsp3) is 0.462. The number of aryl methyl sites for hydroxylation is 2. The molecule has 0 aromatic heterocycles. The summed E-state index contributed by atoms with van der Waals surface area (Å²) in [7, 11) is 0. The Balaban J connectivity index is 2.32. The van der Waals surface area contributed by atoms with Crippen molar-refractivity contribution >= 4 is 5.91 Å². The largest absolute Gasteiger partial charge is 0.370 e. The molecular weight excluding hydrogens is 186 g/mol. The highest BCUT2D eigenvalue weighted by atomic mass is 16.1. The molecule has 0 saturated carbocycles. The SMILES string of the molecule is Cc1ccc2c(c1)C(CC(N)=O)CCC2. The van der Waals surface area contributed by atoms with Gasteiger partial charge in [-0.3, -0.25) is 4.79 Å². The summed E-state index contributed by atoms with van der Waals surface area (Å²) in [6, 6.07) is 6.55. The highest BCUT2D eigenvalue weighted by Gasteiger charge is 2.21. The van der Waals surface area contributed by atoms with Crippen LogP contribution in [-0.2, 0) is 11.2 Å². The number of primary amides is 1. The van der Waals surface area contributed by atoms with Crippen molar-refractivity contribution in [1.82, 2.24) is 0 Å². The zero-order valence-corrected chi connectivity index (χ0v) is 9.12. The Morgan fingerprint density at radius 3 is 3.07 bits per heavy atom. The van der Waals surface area contributed by atoms with Crippen molar-refractivity contribution in [3.05, 3.63) is 34.9 Å². The molecule has 0 saturated heterocycles. The maximum Gasteiger partial charge on any atom is 0.218 e. The van der Waals surface area contributed by atoms with Crippen LogP contribution >= 0.6 is 0 Å². The average Bonchev–Trinajstić information content (AvgIpc) is 2.18. The molecular formula is C13H17NO. The molecule has 1 atom stereocenters. The predicted molar refractivity (Wildman–Crippen MR) is 60.7 cm³/mol. The molecule has 0 heterocycles. The average molecular weight is 203 g/mol. The van der Waals surface area contributed by atoms with E-state index in [4.69, 9.17) is 5.73 Å². The van der Waals surface area contributed by atoms with Gasteiger partial charge in [0.2, 0.25) is 5.91 Å². The van der Waals surface area contributed by atoms with Crippen molar-refractivity contribution in [2.75, 3.05) is 0 Å². The molecule has 0 spiro atoms. The van der Waals surface area contributed by atoms with E-state index >= 15 is 0 Å². The summed E-state index contributed by atoms with van der Waals surface area (Å²) in [6.07, 6.45) is 3.91. The Bertz CT molecular complexity index is 384. The molecule has 15 heavy (non-hydrogen) atoms. The molecule has 0 bridgehead atoms. The van der Waals surface area contributed by atoms with Crippen molar-refractivity contribution in [1.29, 1.82) is 0 Å². The Morgan fingerprint density at radius 2 is 2.33 bits per heavy atom. The van der Waals surface area contributed by atoms with Gasteiger partial charge in [-0.25, -0.2) is 0 Å². The summed E-state index contributed by atoms with van der Waals surface area (Å²) < 4.78 is 0. The van der Waals surface area contributed by atoms with Gasteiger partial charge >= 0.3 is 0 Å². The van der Waals surface area contributed by atoms with Gasteiger partial charge < -0.3 is 5.73 Å². The van der Waals surface area contributed by atoms with Crippen LogP contribution in [-0.4, -0.2) is 5.91 Å². The highest BCUT2D eigenvalue weighted by Crippen LogP contribution is 2.34. The molecule has 2 N–H and O–H groups in total. The van der Waals surface area contributed by atoms with Crippen LogP contribution in [0.25, 0.3) is 0 Å². The Morgan fingerprint density at radius 1 is 1.53 bits per heavy atom. The number of carbonyl (C=O) groups excluding carboxylic acids is 1. The minimum atomic E-state index is -0.186. The first-order chi connectivity index (χ1) is 7.16. The van der Waals surface area contributed by atoms with E-state index in [9.17, 15) is 4.79 Å². The van der Waals surface area contributed by atoms with E-state index in [-0.39, 0.29) is 5.91 Å². The summed E-state index contributed by atoms with van der Waals surface area (Å²) in [5, 5.41) is 0. The summed E-state index contributed by atoms with van der Waals surface area (Å²) in [6.45, 7) is 2.09. The first-order valence-corrected chi connectivity index (χ1v) is 5.54. The van der Waals surface area contributed by atoms with E-state index in [1.165, 1.54) is 23.1 Å². The van der Waals surface area contributed by atoms with E-state index in [1.54, 1.807) is 0 Å². The third-order valence-corrected chi connectivity index (χ3v) is 3.19. The quantitative estimate of drug-likeness (QED) is 0.787. The first kappa shape index (κ1) is 10.2. The van der Waals surface area contributed by atoms with Gasteiger partial charge in [0.25, 0.3) is 0 Å².